The molecule has 0 spiro atoms. The molecule has 1 aliphatic heterocycles. The van der Waals surface area contributed by atoms with E-state index in [0.717, 1.165) is 13.1 Å². The summed E-state index contributed by atoms with van der Waals surface area (Å²) in [4.78, 5) is 2.56. The van der Waals surface area contributed by atoms with Gasteiger partial charge in [-0.25, -0.2) is 0 Å². The third-order valence-corrected chi connectivity index (χ3v) is 3.81. The number of rotatable bonds is 4. The molecular weight excluding hydrogens is 208 g/mol. The SMILES string of the molecule is CCNC1(C)CCN(Cc2ccccc2)CC1. The normalized spacial score (nSPS) is 20.4. The Morgan fingerprint density at radius 3 is 2.41 bits per heavy atom. The van der Waals surface area contributed by atoms with Crippen molar-refractivity contribution in [3.05, 3.63) is 35.9 Å². The van der Waals surface area contributed by atoms with Gasteiger partial charge >= 0.3 is 0 Å². The molecule has 1 aromatic carbocycles. The second-order valence-corrected chi connectivity index (χ2v) is 5.35. The molecule has 1 aliphatic rings. The maximum absolute atomic E-state index is 3.62. The molecule has 0 atom stereocenters. The summed E-state index contributed by atoms with van der Waals surface area (Å²) in [5, 5.41) is 3.62. The average molecular weight is 232 g/mol. The van der Waals surface area contributed by atoms with Crippen molar-refractivity contribution in [3.8, 4) is 0 Å². The Bertz CT molecular complexity index is 326. The number of benzene rings is 1. The highest BCUT2D eigenvalue weighted by atomic mass is 15.1. The molecule has 1 aromatic rings. The largest absolute Gasteiger partial charge is 0.312 e. The van der Waals surface area contributed by atoms with Gasteiger partial charge in [-0.1, -0.05) is 37.3 Å². The zero-order valence-corrected chi connectivity index (χ0v) is 11.1. The van der Waals surface area contributed by atoms with E-state index in [9.17, 15) is 0 Å². The van der Waals surface area contributed by atoms with Crippen LogP contribution in [-0.2, 0) is 6.54 Å². The summed E-state index contributed by atoms with van der Waals surface area (Å²) in [5.74, 6) is 0. The van der Waals surface area contributed by atoms with Crippen LogP contribution < -0.4 is 5.32 Å². The van der Waals surface area contributed by atoms with Crippen LogP contribution in [0.1, 0.15) is 32.3 Å². The zero-order valence-electron chi connectivity index (χ0n) is 11.1. The van der Waals surface area contributed by atoms with Crippen LogP contribution in [0.5, 0.6) is 0 Å². The quantitative estimate of drug-likeness (QED) is 0.858. The molecular formula is C15H24N2. The molecule has 2 heteroatoms. The minimum Gasteiger partial charge on any atom is -0.312 e. The number of nitrogens with zero attached hydrogens (tertiary/aromatic N) is 1. The van der Waals surface area contributed by atoms with E-state index in [1.54, 1.807) is 0 Å². The predicted molar refractivity (Wildman–Crippen MR) is 73.0 cm³/mol. The van der Waals surface area contributed by atoms with Gasteiger partial charge < -0.3 is 5.32 Å². The van der Waals surface area contributed by atoms with Crippen LogP contribution in [0.25, 0.3) is 0 Å². The molecule has 1 saturated heterocycles. The lowest BCUT2D eigenvalue weighted by molar-refractivity contribution is 0.142. The Labute approximate surface area is 105 Å². The summed E-state index contributed by atoms with van der Waals surface area (Å²) < 4.78 is 0. The van der Waals surface area contributed by atoms with E-state index in [2.05, 4.69) is 54.4 Å². The molecule has 0 amide bonds. The lowest BCUT2D eigenvalue weighted by Gasteiger charge is -2.40. The predicted octanol–water partition coefficient (Wildman–Crippen LogP) is 2.65. The number of hydrogen-bond acceptors (Lipinski definition) is 2. The first-order chi connectivity index (χ1) is 8.22. The van der Waals surface area contributed by atoms with Crippen molar-refractivity contribution < 1.29 is 0 Å². The van der Waals surface area contributed by atoms with Crippen molar-refractivity contribution in [1.29, 1.82) is 0 Å². The molecule has 1 N–H and O–H groups in total. The summed E-state index contributed by atoms with van der Waals surface area (Å²) in [6.45, 7) is 9.15. The van der Waals surface area contributed by atoms with E-state index >= 15 is 0 Å². The van der Waals surface area contributed by atoms with Crippen LogP contribution in [0.4, 0.5) is 0 Å². The van der Waals surface area contributed by atoms with Crippen LogP contribution in [0.15, 0.2) is 30.3 Å². The molecule has 0 aromatic heterocycles. The maximum atomic E-state index is 3.62. The molecule has 0 saturated carbocycles. The molecule has 1 fully saturated rings. The first kappa shape index (κ1) is 12.6. The lowest BCUT2D eigenvalue weighted by Crippen LogP contribution is -2.51. The highest BCUT2D eigenvalue weighted by Gasteiger charge is 2.28. The zero-order chi connectivity index (χ0) is 12.1. The minimum atomic E-state index is 0.363. The lowest BCUT2D eigenvalue weighted by atomic mass is 9.89. The summed E-state index contributed by atoms with van der Waals surface area (Å²) in [5.41, 5.74) is 1.79. The Kier molecular flexibility index (Phi) is 4.19. The molecule has 2 rings (SSSR count). The fraction of sp³-hybridized carbons (Fsp3) is 0.600. The molecule has 94 valence electrons. The Hall–Kier alpha value is -0.860. The van der Waals surface area contributed by atoms with Crippen LogP contribution >= 0.6 is 0 Å². The van der Waals surface area contributed by atoms with Crippen LogP contribution in [0, 0.1) is 0 Å². The van der Waals surface area contributed by atoms with E-state index in [-0.39, 0.29) is 0 Å². The monoisotopic (exact) mass is 232 g/mol. The van der Waals surface area contributed by atoms with Gasteiger partial charge in [0.1, 0.15) is 0 Å². The van der Waals surface area contributed by atoms with Crippen molar-refractivity contribution in [3.63, 3.8) is 0 Å². The highest BCUT2D eigenvalue weighted by Crippen LogP contribution is 2.22. The fourth-order valence-electron chi connectivity index (χ4n) is 2.65. The number of nitrogens with one attached hydrogen (secondary N) is 1. The molecule has 0 radical (unpaired) electrons. The standard InChI is InChI=1S/C15H24N2/c1-3-16-15(2)9-11-17(12-10-15)13-14-7-5-4-6-8-14/h4-8,16H,3,9-13H2,1-2H3. The van der Waals surface area contributed by atoms with Gasteiger partial charge in [-0.05, 0) is 31.9 Å². The van der Waals surface area contributed by atoms with E-state index in [1.807, 2.05) is 0 Å². The fourth-order valence-corrected chi connectivity index (χ4v) is 2.65. The van der Waals surface area contributed by atoms with Gasteiger partial charge in [0.25, 0.3) is 0 Å². The molecule has 1 heterocycles. The molecule has 17 heavy (non-hydrogen) atoms. The Morgan fingerprint density at radius 2 is 1.82 bits per heavy atom. The average Bonchev–Trinajstić information content (AvgIpc) is 2.34. The third-order valence-electron chi connectivity index (χ3n) is 3.81. The number of hydrogen-bond donors (Lipinski definition) is 1. The number of likely N-dealkylation sites (tertiary alicyclic amines) is 1. The van der Waals surface area contributed by atoms with Crippen LogP contribution in [0.3, 0.4) is 0 Å². The highest BCUT2D eigenvalue weighted by molar-refractivity contribution is 5.14. The Balaban J connectivity index is 1.83. The van der Waals surface area contributed by atoms with E-state index < -0.39 is 0 Å². The van der Waals surface area contributed by atoms with Crippen molar-refractivity contribution >= 4 is 0 Å². The van der Waals surface area contributed by atoms with Gasteiger partial charge in [-0.15, -0.1) is 0 Å². The first-order valence-electron chi connectivity index (χ1n) is 6.73. The summed E-state index contributed by atoms with van der Waals surface area (Å²) in [7, 11) is 0. The third kappa shape index (κ3) is 3.55. The van der Waals surface area contributed by atoms with Crippen molar-refractivity contribution in [2.45, 2.75) is 38.8 Å². The minimum absolute atomic E-state index is 0.363. The second-order valence-electron chi connectivity index (χ2n) is 5.35. The number of piperidine rings is 1. The topological polar surface area (TPSA) is 15.3 Å². The van der Waals surface area contributed by atoms with Gasteiger partial charge in [0.15, 0.2) is 0 Å². The van der Waals surface area contributed by atoms with Crippen molar-refractivity contribution in [2.24, 2.45) is 0 Å². The molecule has 0 unspecified atom stereocenters. The Morgan fingerprint density at radius 1 is 1.18 bits per heavy atom. The van der Waals surface area contributed by atoms with Gasteiger partial charge in [0.2, 0.25) is 0 Å². The smallest absolute Gasteiger partial charge is 0.0233 e. The summed E-state index contributed by atoms with van der Waals surface area (Å²) >= 11 is 0. The first-order valence-corrected chi connectivity index (χ1v) is 6.73. The van der Waals surface area contributed by atoms with Crippen molar-refractivity contribution in [2.75, 3.05) is 19.6 Å². The second kappa shape index (κ2) is 5.65. The van der Waals surface area contributed by atoms with E-state index in [0.29, 0.717) is 5.54 Å². The summed E-state index contributed by atoms with van der Waals surface area (Å²) in [6, 6.07) is 10.8. The molecule has 0 aliphatic carbocycles. The van der Waals surface area contributed by atoms with Crippen LogP contribution in [0.2, 0.25) is 0 Å². The molecule has 2 nitrogen and oxygen atoms in total. The van der Waals surface area contributed by atoms with Crippen molar-refractivity contribution in [1.82, 2.24) is 10.2 Å². The van der Waals surface area contributed by atoms with Gasteiger partial charge in [0, 0.05) is 25.2 Å². The van der Waals surface area contributed by atoms with Crippen LogP contribution in [-0.4, -0.2) is 30.1 Å². The maximum Gasteiger partial charge on any atom is 0.0233 e. The van der Waals surface area contributed by atoms with E-state index in [4.69, 9.17) is 0 Å². The summed E-state index contributed by atoms with van der Waals surface area (Å²) in [6.07, 6.45) is 2.52. The van der Waals surface area contributed by atoms with E-state index in [1.165, 1.54) is 31.5 Å². The molecule has 0 bridgehead atoms. The van der Waals surface area contributed by atoms with Gasteiger partial charge in [-0.2, -0.15) is 0 Å². The van der Waals surface area contributed by atoms with Gasteiger partial charge in [-0.3, -0.25) is 4.90 Å². The van der Waals surface area contributed by atoms with Gasteiger partial charge in [0.05, 0.1) is 0 Å².